The second-order valence-electron chi connectivity index (χ2n) is 4.70. The van der Waals surface area contributed by atoms with Crippen molar-refractivity contribution in [1.82, 2.24) is 10.6 Å². The third kappa shape index (κ3) is 5.08. The molecule has 0 aliphatic carbocycles. The third-order valence-corrected chi connectivity index (χ3v) is 4.94. The fraction of sp³-hybridized carbons (Fsp3) is 0.692. The zero-order valence-corrected chi connectivity index (χ0v) is 12.6. The van der Waals surface area contributed by atoms with Gasteiger partial charge >= 0.3 is 0 Å². The highest BCUT2D eigenvalue weighted by molar-refractivity contribution is 9.10. The first-order valence-electron chi connectivity index (χ1n) is 6.51. The molecule has 2 nitrogen and oxygen atoms in total. The maximum Gasteiger partial charge on any atom is 0.0300 e. The van der Waals surface area contributed by atoms with E-state index in [9.17, 15) is 0 Å². The van der Waals surface area contributed by atoms with Crippen LogP contribution in [0.15, 0.2) is 15.9 Å². The molecule has 0 amide bonds. The Morgan fingerprint density at radius 3 is 3.12 bits per heavy atom. The molecule has 1 aromatic rings. The van der Waals surface area contributed by atoms with E-state index in [1.807, 2.05) is 11.3 Å². The van der Waals surface area contributed by atoms with Crippen molar-refractivity contribution < 1.29 is 0 Å². The summed E-state index contributed by atoms with van der Waals surface area (Å²) in [6, 6.07) is 2.97. The van der Waals surface area contributed by atoms with Crippen LogP contribution in [0.5, 0.6) is 0 Å². The van der Waals surface area contributed by atoms with Gasteiger partial charge < -0.3 is 10.6 Å². The second-order valence-corrected chi connectivity index (χ2v) is 6.61. The van der Waals surface area contributed by atoms with E-state index in [2.05, 4.69) is 38.0 Å². The summed E-state index contributed by atoms with van der Waals surface area (Å²) in [5.41, 5.74) is 0. The van der Waals surface area contributed by atoms with E-state index in [0.717, 1.165) is 19.1 Å². The molecule has 0 aromatic carbocycles. The largest absolute Gasteiger partial charge is 0.314 e. The Balaban J connectivity index is 1.51. The Hall–Kier alpha value is 0.1000. The van der Waals surface area contributed by atoms with Crippen LogP contribution >= 0.6 is 27.3 Å². The lowest BCUT2D eigenvalue weighted by molar-refractivity contribution is 0.373. The van der Waals surface area contributed by atoms with Gasteiger partial charge in [0.05, 0.1) is 0 Å². The van der Waals surface area contributed by atoms with Gasteiger partial charge in [0.1, 0.15) is 0 Å². The Morgan fingerprint density at radius 2 is 2.41 bits per heavy atom. The van der Waals surface area contributed by atoms with Gasteiger partial charge in [-0.1, -0.05) is 6.42 Å². The van der Waals surface area contributed by atoms with E-state index in [1.54, 1.807) is 0 Å². The topological polar surface area (TPSA) is 24.1 Å². The van der Waals surface area contributed by atoms with Gasteiger partial charge in [-0.25, -0.2) is 0 Å². The fourth-order valence-corrected chi connectivity index (χ4v) is 3.72. The summed E-state index contributed by atoms with van der Waals surface area (Å²) in [4.78, 5) is 1.41. The first-order chi connectivity index (χ1) is 8.34. The Kier molecular flexibility index (Phi) is 5.98. The summed E-state index contributed by atoms with van der Waals surface area (Å²) < 4.78 is 1.20. The summed E-state index contributed by atoms with van der Waals surface area (Å²) >= 11 is 5.30. The number of thiophene rings is 1. The van der Waals surface area contributed by atoms with E-state index in [0.29, 0.717) is 0 Å². The molecule has 4 heteroatoms. The molecule has 2 rings (SSSR count). The zero-order chi connectivity index (χ0) is 11.9. The minimum Gasteiger partial charge on any atom is -0.314 e. The van der Waals surface area contributed by atoms with Crippen molar-refractivity contribution in [2.75, 3.05) is 13.1 Å². The quantitative estimate of drug-likeness (QED) is 0.785. The molecule has 96 valence electrons. The number of nitrogens with one attached hydrogen (secondary N) is 2. The van der Waals surface area contributed by atoms with E-state index in [-0.39, 0.29) is 0 Å². The van der Waals surface area contributed by atoms with Gasteiger partial charge in [0.25, 0.3) is 0 Å². The summed E-state index contributed by atoms with van der Waals surface area (Å²) in [5.74, 6) is 0. The molecule has 1 aliphatic heterocycles. The number of rotatable bonds is 6. The summed E-state index contributed by atoms with van der Waals surface area (Å²) in [5, 5.41) is 9.26. The number of halogens is 1. The lowest BCUT2D eigenvalue weighted by Gasteiger charge is -2.23. The van der Waals surface area contributed by atoms with Crippen LogP contribution in [0.1, 0.15) is 37.0 Å². The molecule has 2 heterocycles. The number of hydrogen-bond acceptors (Lipinski definition) is 3. The van der Waals surface area contributed by atoms with Gasteiger partial charge in [-0.3, -0.25) is 0 Å². The molecule has 1 unspecified atom stereocenters. The molecule has 1 saturated heterocycles. The van der Waals surface area contributed by atoms with Crippen molar-refractivity contribution in [1.29, 1.82) is 0 Å². The van der Waals surface area contributed by atoms with Crippen LogP contribution < -0.4 is 10.6 Å². The smallest absolute Gasteiger partial charge is 0.0300 e. The zero-order valence-electron chi connectivity index (χ0n) is 10.2. The maximum atomic E-state index is 3.60. The molecule has 0 bridgehead atoms. The molecule has 17 heavy (non-hydrogen) atoms. The lowest BCUT2D eigenvalue weighted by Crippen LogP contribution is -2.34. The van der Waals surface area contributed by atoms with Gasteiger partial charge in [0, 0.05) is 27.3 Å². The van der Waals surface area contributed by atoms with Crippen molar-refractivity contribution in [3.05, 3.63) is 20.8 Å². The van der Waals surface area contributed by atoms with Crippen LogP contribution in [0.3, 0.4) is 0 Å². The van der Waals surface area contributed by atoms with Crippen LogP contribution in [0.4, 0.5) is 0 Å². The highest BCUT2D eigenvalue weighted by Gasteiger charge is 2.11. The van der Waals surface area contributed by atoms with Crippen molar-refractivity contribution in [2.24, 2.45) is 0 Å². The Labute approximate surface area is 116 Å². The van der Waals surface area contributed by atoms with E-state index in [4.69, 9.17) is 0 Å². The Bertz CT molecular complexity index is 321. The molecule has 1 aliphatic rings. The van der Waals surface area contributed by atoms with Crippen LogP contribution in [-0.2, 0) is 6.54 Å². The minimum atomic E-state index is 0.779. The van der Waals surface area contributed by atoms with Crippen molar-refractivity contribution >= 4 is 27.3 Å². The predicted octanol–water partition coefficient (Wildman–Crippen LogP) is 3.52. The van der Waals surface area contributed by atoms with Crippen LogP contribution in [-0.4, -0.2) is 19.1 Å². The Morgan fingerprint density at radius 1 is 1.47 bits per heavy atom. The van der Waals surface area contributed by atoms with E-state index in [1.165, 1.54) is 48.0 Å². The fourth-order valence-electron chi connectivity index (χ4n) is 2.30. The summed E-state index contributed by atoms with van der Waals surface area (Å²) in [6.07, 6.45) is 6.75. The molecule has 1 fully saturated rings. The highest BCUT2D eigenvalue weighted by Crippen LogP contribution is 2.19. The summed E-state index contributed by atoms with van der Waals surface area (Å²) in [7, 11) is 0. The molecule has 0 radical (unpaired) electrons. The highest BCUT2D eigenvalue weighted by atomic mass is 79.9. The van der Waals surface area contributed by atoms with Crippen molar-refractivity contribution in [3.63, 3.8) is 0 Å². The van der Waals surface area contributed by atoms with E-state index >= 15 is 0 Å². The maximum absolute atomic E-state index is 3.60. The molecule has 1 aromatic heterocycles. The molecular formula is C13H21BrN2S. The monoisotopic (exact) mass is 316 g/mol. The molecule has 1 atom stereocenters. The second kappa shape index (κ2) is 7.52. The molecular weight excluding hydrogens is 296 g/mol. The average Bonchev–Trinajstić information content (AvgIpc) is 2.76. The third-order valence-electron chi connectivity index (χ3n) is 3.24. The SMILES string of the molecule is Brc1csc(CNCCCC2CCCCN2)c1. The minimum absolute atomic E-state index is 0.779. The number of piperidine rings is 1. The van der Waals surface area contributed by atoms with Crippen LogP contribution in [0.25, 0.3) is 0 Å². The van der Waals surface area contributed by atoms with Crippen molar-refractivity contribution in [3.8, 4) is 0 Å². The van der Waals surface area contributed by atoms with Crippen LogP contribution in [0.2, 0.25) is 0 Å². The van der Waals surface area contributed by atoms with Crippen LogP contribution in [0, 0.1) is 0 Å². The number of hydrogen-bond donors (Lipinski definition) is 2. The lowest BCUT2D eigenvalue weighted by atomic mass is 10.0. The molecule has 0 spiro atoms. The standard InChI is InChI=1S/C13H21BrN2S/c14-11-8-13(17-10-11)9-15-6-3-5-12-4-1-2-7-16-12/h8,10,12,15-16H,1-7,9H2. The summed E-state index contributed by atoms with van der Waals surface area (Å²) in [6.45, 7) is 3.36. The predicted molar refractivity (Wildman–Crippen MR) is 78.6 cm³/mol. The molecule has 0 saturated carbocycles. The van der Waals surface area contributed by atoms with Crippen molar-refractivity contribution in [2.45, 2.75) is 44.7 Å². The normalized spacial score (nSPS) is 20.6. The van der Waals surface area contributed by atoms with Gasteiger partial charge in [0.15, 0.2) is 0 Å². The first-order valence-corrected chi connectivity index (χ1v) is 8.19. The van der Waals surface area contributed by atoms with Gasteiger partial charge in [-0.05, 0) is 60.8 Å². The van der Waals surface area contributed by atoms with Gasteiger partial charge in [-0.2, -0.15) is 0 Å². The molecule has 2 N–H and O–H groups in total. The van der Waals surface area contributed by atoms with Gasteiger partial charge in [-0.15, -0.1) is 11.3 Å². The average molecular weight is 317 g/mol. The van der Waals surface area contributed by atoms with Gasteiger partial charge in [0.2, 0.25) is 0 Å². The first kappa shape index (κ1) is 13.5. The van der Waals surface area contributed by atoms with E-state index < -0.39 is 0 Å².